The lowest BCUT2D eigenvalue weighted by molar-refractivity contribution is -0.123. The van der Waals surface area contributed by atoms with Crippen molar-refractivity contribution in [2.45, 2.75) is 20.0 Å². The molecule has 32 heavy (non-hydrogen) atoms. The molecule has 1 aromatic carbocycles. The molecule has 3 rings (SSSR count). The van der Waals surface area contributed by atoms with Crippen molar-refractivity contribution in [3.8, 4) is 11.1 Å². The van der Waals surface area contributed by atoms with Crippen LogP contribution in [0.1, 0.15) is 34.7 Å². The molecule has 0 fully saturated rings. The highest BCUT2D eigenvalue weighted by molar-refractivity contribution is 7.15. The maximum Gasteiger partial charge on any atom is 0.359 e. The van der Waals surface area contributed by atoms with E-state index in [0.717, 1.165) is 10.2 Å². The van der Waals surface area contributed by atoms with E-state index in [1.807, 2.05) is 30.3 Å². The number of anilines is 1. The number of aromatic nitrogens is 2. The molecule has 3 aromatic rings. The van der Waals surface area contributed by atoms with E-state index in [2.05, 4.69) is 10.4 Å². The molecule has 1 unspecified atom stereocenters. The zero-order chi connectivity index (χ0) is 23.3. The van der Waals surface area contributed by atoms with Crippen molar-refractivity contribution in [1.29, 1.82) is 0 Å². The number of carbonyl (C=O) groups is 3. The van der Waals surface area contributed by atoms with E-state index in [-0.39, 0.29) is 28.4 Å². The summed E-state index contributed by atoms with van der Waals surface area (Å²) in [6.07, 6.45) is -1.18. The summed E-state index contributed by atoms with van der Waals surface area (Å²) in [5.41, 5.74) is 1.16. The van der Waals surface area contributed by atoms with E-state index < -0.39 is 23.9 Å². The average molecular weight is 455 g/mol. The maximum absolute atomic E-state index is 12.7. The zero-order valence-electron chi connectivity index (χ0n) is 17.7. The lowest BCUT2D eigenvalue weighted by Crippen LogP contribution is -2.31. The Hall–Kier alpha value is -3.79. The van der Waals surface area contributed by atoms with Crippen molar-refractivity contribution in [1.82, 2.24) is 9.78 Å². The summed E-state index contributed by atoms with van der Waals surface area (Å²) in [4.78, 5) is 49.0. The molecule has 2 aromatic heterocycles. The normalized spacial score (nSPS) is 11.5. The molecule has 1 atom stereocenters. The van der Waals surface area contributed by atoms with Gasteiger partial charge in [-0.05, 0) is 25.5 Å². The van der Waals surface area contributed by atoms with Crippen molar-refractivity contribution in [2.24, 2.45) is 7.05 Å². The van der Waals surface area contributed by atoms with Crippen molar-refractivity contribution < 1.29 is 23.9 Å². The highest BCUT2D eigenvalue weighted by Gasteiger charge is 2.26. The Morgan fingerprint density at radius 3 is 2.50 bits per heavy atom. The number of nitrogens with zero attached hydrogens (tertiary/aromatic N) is 2. The van der Waals surface area contributed by atoms with Crippen LogP contribution in [0.15, 0.2) is 52.6 Å². The minimum atomic E-state index is -1.18. The SMILES string of the molecule is CCOC(=O)c1c(-c2ccccc2)csc1NC(=O)C(C)OC(=O)c1ccc(=O)n(C)n1. The molecular formula is C22H21N3O6S. The molecule has 0 bridgehead atoms. The first-order valence-corrected chi connectivity index (χ1v) is 10.6. The van der Waals surface area contributed by atoms with Gasteiger partial charge in [-0.15, -0.1) is 11.3 Å². The predicted octanol–water partition coefficient (Wildman–Crippen LogP) is 2.87. The molecule has 10 heteroatoms. The van der Waals surface area contributed by atoms with Gasteiger partial charge in [0.1, 0.15) is 10.6 Å². The van der Waals surface area contributed by atoms with Crippen molar-refractivity contribution >= 4 is 34.2 Å². The Kier molecular flexibility index (Phi) is 7.16. The van der Waals surface area contributed by atoms with Gasteiger partial charge in [-0.25, -0.2) is 14.3 Å². The van der Waals surface area contributed by atoms with Crippen LogP contribution in [0.3, 0.4) is 0 Å². The number of esters is 2. The fourth-order valence-electron chi connectivity index (χ4n) is 2.79. The fourth-order valence-corrected chi connectivity index (χ4v) is 3.75. The summed E-state index contributed by atoms with van der Waals surface area (Å²) in [5.74, 6) is -2.05. The van der Waals surface area contributed by atoms with Gasteiger partial charge in [0.25, 0.3) is 11.5 Å². The number of carbonyl (C=O) groups excluding carboxylic acids is 3. The lowest BCUT2D eigenvalue weighted by Gasteiger charge is -2.14. The maximum atomic E-state index is 12.7. The molecule has 0 saturated carbocycles. The van der Waals surface area contributed by atoms with Gasteiger partial charge in [0.2, 0.25) is 0 Å². The van der Waals surface area contributed by atoms with Crippen LogP contribution >= 0.6 is 11.3 Å². The molecule has 0 saturated heterocycles. The van der Waals surface area contributed by atoms with Crippen molar-refractivity contribution in [3.05, 3.63) is 69.5 Å². The van der Waals surface area contributed by atoms with Gasteiger partial charge < -0.3 is 14.8 Å². The topological polar surface area (TPSA) is 117 Å². The first-order chi connectivity index (χ1) is 15.3. The number of hydrogen-bond acceptors (Lipinski definition) is 8. The van der Waals surface area contributed by atoms with Gasteiger partial charge >= 0.3 is 11.9 Å². The number of benzene rings is 1. The molecule has 2 heterocycles. The Morgan fingerprint density at radius 2 is 1.84 bits per heavy atom. The van der Waals surface area contributed by atoms with Gasteiger partial charge in [0, 0.05) is 24.1 Å². The molecule has 1 N–H and O–H groups in total. The van der Waals surface area contributed by atoms with Crippen LogP contribution < -0.4 is 10.9 Å². The van der Waals surface area contributed by atoms with E-state index in [1.165, 1.54) is 37.4 Å². The summed E-state index contributed by atoms with van der Waals surface area (Å²) >= 11 is 1.17. The second kappa shape index (κ2) is 10.0. The highest BCUT2D eigenvalue weighted by Crippen LogP contribution is 2.36. The Labute approximate surface area is 187 Å². The smallest absolute Gasteiger partial charge is 0.359 e. The van der Waals surface area contributed by atoms with E-state index in [1.54, 1.807) is 12.3 Å². The summed E-state index contributed by atoms with van der Waals surface area (Å²) in [5, 5.41) is 8.49. The van der Waals surface area contributed by atoms with Crippen LogP contribution in [-0.2, 0) is 21.3 Å². The number of nitrogens with one attached hydrogen (secondary N) is 1. The Morgan fingerprint density at radius 1 is 1.12 bits per heavy atom. The average Bonchev–Trinajstić information content (AvgIpc) is 3.19. The predicted molar refractivity (Wildman–Crippen MR) is 119 cm³/mol. The quantitative estimate of drug-likeness (QED) is 0.545. The molecule has 0 aliphatic rings. The molecule has 0 radical (unpaired) electrons. The molecule has 0 aliphatic carbocycles. The Balaban J connectivity index is 1.79. The van der Waals surface area contributed by atoms with E-state index in [4.69, 9.17) is 9.47 Å². The number of ether oxygens (including phenoxy) is 2. The van der Waals surface area contributed by atoms with Gasteiger partial charge in [0.05, 0.1) is 6.61 Å². The summed E-state index contributed by atoms with van der Waals surface area (Å²) in [6, 6.07) is 11.6. The number of rotatable bonds is 7. The van der Waals surface area contributed by atoms with Crippen molar-refractivity contribution in [3.63, 3.8) is 0 Å². The Bertz CT molecular complexity index is 1200. The second-order valence-corrected chi connectivity index (χ2v) is 7.54. The monoisotopic (exact) mass is 455 g/mol. The first kappa shape index (κ1) is 22.9. The van der Waals surface area contributed by atoms with Crippen LogP contribution in [0.4, 0.5) is 5.00 Å². The van der Waals surface area contributed by atoms with Gasteiger partial charge in [-0.3, -0.25) is 9.59 Å². The zero-order valence-corrected chi connectivity index (χ0v) is 18.5. The van der Waals surface area contributed by atoms with Crippen LogP contribution in [0.2, 0.25) is 0 Å². The fraction of sp³-hybridized carbons (Fsp3) is 0.227. The second-order valence-electron chi connectivity index (χ2n) is 6.66. The first-order valence-electron chi connectivity index (χ1n) is 9.72. The number of thiophene rings is 1. The van der Waals surface area contributed by atoms with Crippen molar-refractivity contribution in [2.75, 3.05) is 11.9 Å². The van der Waals surface area contributed by atoms with Gasteiger partial charge in [-0.1, -0.05) is 30.3 Å². The molecule has 0 spiro atoms. The minimum absolute atomic E-state index is 0.110. The third-order valence-electron chi connectivity index (χ3n) is 4.41. The standard InChI is InChI=1S/C22H21N3O6S/c1-4-30-22(29)18-15(14-8-6-5-7-9-14)12-32-20(18)23-19(27)13(2)31-21(28)16-10-11-17(26)25(3)24-16/h5-13H,4H2,1-3H3,(H,23,27). The van der Waals surface area contributed by atoms with Crippen LogP contribution in [0.5, 0.6) is 0 Å². The number of aryl methyl sites for hydroxylation is 1. The molecule has 0 aliphatic heterocycles. The van der Waals surface area contributed by atoms with Crippen LogP contribution in [0.25, 0.3) is 11.1 Å². The van der Waals surface area contributed by atoms with Gasteiger partial charge in [0.15, 0.2) is 11.8 Å². The third-order valence-corrected chi connectivity index (χ3v) is 5.31. The van der Waals surface area contributed by atoms with E-state index in [9.17, 15) is 19.2 Å². The highest BCUT2D eigenvalue weighted by atomic mass is 32.1. The summed E-state index contributed by atoms with van der Waals surface area (Å²) in [6.45, 7) is 3.27. The summed E-state index contributed by atoms with van der Waals surface area (Å²) < 4.78 is 11.3. The molecular weight excluding hydrogens is 434 g/mol. The van der Waals surface area contributed by atoms with E-state index in [0.29, 0.717) is 5.56 Å². The molecule has 166 valence electrons. The van der Waals surface area contributed by atoms with E-state index >= 15 is 0 Å². The van der Waals surface area contributed by atoms with Crippen LogP contribution in [-0.4, -0.2) is 40.3 Å². The molecule has 1 amide bonds. The third kappa shape index (κ3) is 5.09. The summed E-state index contributed by atoms with van der Waals surface area (Å²) in [7, 11) is 1.40. The minimum Gasteiger partial charge on any atom is -0.462 e. The van der Waals surface area contributed by atoms with Crippen LogP contribution in [0, 0.1) is 0 Å². The van der Waals surface area contributed by atoms with Gasteiger partial charge in [-0.2, -0.15) is 5.10 Å². The largest absolute Gasteiger partial charge is 0.462 e. The lowest BCUT2D eigenvalue weighted by atomic mass is 10.0. The number of hydrogen-bond donors (Lipinski definition) is 1. The number of amides is 1. The molecule has 9 nitrogen and oxygen atoms in total.